The molecular weight excluding hydrogens is 222 g/mol. The summed E-state index contributed by atoms with van der Waals surface area (Å²) < 4.78 is 0. The third-order valence-electron chi connectivity index (χ3n) is 2.57. The summed E-state index contributed by atoms with van der Waals surface area (Å²) in [6.07, 6.45) is 6.70. The van der Waals surface area contributed by atoms with Crippen molar-refractivity contribution in [3.8, 4) is 0 Å². The lowest BCUT2D eigenvalue weighted by atomic mass is 10.1. The average Bonchev–Trinajstić information content (AvgIpc) is 2.24. The van der Waals surface area contributed by atoms with E-state index in [0.29, 0.717) is 11.3 Å². The van der Waals surface area contributed by atoms with Crippen molar-refractivity contribution >= 4 is 17.4 Å². The standard InChI is InChI=1S/C12H20ClN3/c1-4-5-6-7-10(3)15-11-9(2)8-14-12(13)16-11/h8,10H,4-7H2,1-3H3,(H,14,15,16). The second-order valence-electron chi connectivity index (χ2n) is 4.21. The molecule has 0 aliphatic rings. The SMILES string of the molecule is CCCCCC(C)Nc1nc(Cl)ncc1C. The highest BCUT2D eigenvalue weighted by atomic mass is 35.5. The predicted octanol–water partition coefficient (Wildman–Crippen LogP) is 3.82. The minimum absolute atomic E-state index is 0.300. The molecule has 0 saturated carbocycles. The zero-order valence-corrected chi connectivity index (χ0v) is 11.0. The summed E-state index contributed by atoms with van der Waals surface area (Å²) in [6, 6.07) is 0.427. The first-order valence-electron chi connectivity index (χ1n) is 5.89. The van der Waals surface area contributed by atoms with Gasteiger partial charge in [-0.25, -0.2) is 9.97 Å². The van der Waals surface area contributed by atoms with Crippen molar-refractivity contribution in [1.29, 1.82) is 0 Å². The van der Waals surface area contributed by atoms with Crippen LogP contribution in [0, 0.1) is 6.92 Å². The molecule has 1 rings (SSSR count). The van der Waals surface area contributed by atoms with Crippen LogP contribution in [-0.4, -0.2) is 16.0 Å². The smallest absolute Gasteiger partial charge is 0.224 e. The summed E-state index contributed by atoms with van der Waals surface area (Å²) in [6.45, 7) is 6.37. The van der Waals surface area contributed by atoms with E-state index in [-0.39, 0.29) is 0 Å². The maximum absolute atomic E-state index is 5.76. The van der Waals surface area contributed by atoms with Gasteiger partial charge in [0.25, 0.3) is 0 Å². The summed E-state index contributed by atoms with van der Waals surface area (Å²) in [4.78, 5) is 8.12. The molecule has 1 atom stereocenters. The molecule has 0 aliphatic heterocycles. The van der Waals surface area contributed by atoms with E-state index < -0.39 is 0 Å². The molecule has 0 radical (unpaired) electrons. The molecule has 0 spiro atoms. The van der Waals surface area contributed by atoms with Crippen LogP contribution in [0.5, 0.6) is 0 Å². The van der Waals surface area contributed by atoms with E-state index >= 15 is 0 Å². The van der Waals surface area contributed by atoms with E-state index in [0.717, 1.165) is 17.8 Å². The van der Waals surface area contributed by atoms with Gasteiger partial charge < -0.3 is 5.32 Å². The molecule has 90 valence electrons. The Labute approximate surface area is 103 Å². The lowest BCUT2D eigenvalue weighted by Gasteiger charge is -2.15. The van der Waals surface area contributed by atoms with Crippen molar-refractivity contribution in [3.05, 3.63) is 17.0 Å². The Kier molecular flexibility index (Phi) is 5.53. The van der Waals surface area contributed by atoms with Crippen molar-refractivity contribution < 1.29 is 0 Å². The van der Waals surface area contributed by atoms with Crippen molar-refractivity contribution in [2.24, 2.45) is 0 Å². The van der Waals surface area contributed by atoms with E-state index in [9.17, 15) is 0 Å². The quantitative estimate of drug-likeness (QED) is 0.608. The number of unbranched alkanes of at least 4 members (excludes halogenated alkanes) is 2. The molecule has 0 aliphatic carbocycles. The van der Waals surface area contributed by atoms with Gasteiger partial charge in [-0.05, 0) is 31.9 Å². The number of aromatic nitrogens is 2. The number of rotatable bonds is 6. The van der Waals surface area contributed by atoms with Gasteiger partial charge in [0.1, 0.15) is 5.82 Å². The van der Waals surface area contributed by atoms with Crippen molar-refractivity contribution in [2.75, 3.05) is 5.32 Å². The van der Waals surface area contributed by atoms with Gasteiger partial charge in [-0.1, -0.05) is 26.2 Å². The average molecular weight is 242 g/mol. The Bertz CT molecular complexity index is 328. The van der Waals surface area contributed by atoms with Gasteiger partial charge in [0, 0.05) is 17.8 Å². The lowest BCUT2D eigenvalue weighted by molar-refractivity contribution is 0.613. The fourth-order valence-corrected chi connectivity index (χ4v) is 1.71. The van der Waals surface area contributed by atoms with Crippen LogP contribution in [-0.2, 0) is 0 Å². The first kappa shape index (κ1) is 13.2. The van der Waals surface area contributed by atoms with E-state index in [2.05, 4.69) is 29.1 Å². The van der Waals surface area contributed by atoms with Crippen LogP contribution in [0.15, 0.2) is 6.20 Å². The Hall–Kier alpha value is -0.830. The molecule has 0 bridgehead atoms. The number of halogens is 1. The highest BCUT2D eigenvalue weighted by Gasteiger charge is 2.06. The van der Waals surface area contributed by atoms with Crippen LogP contribution in [0.4, 0.5) is 5.82 Å². The summed E-state index contributed by atoms with van der Waals surface area (Å²) >= 11 is 5.76. The van der Waals surface area contributed by atoms with Crippen LogP contribution in [0.1, 0.15) is 45.1 Å². The van der Waals surface area contributed by atoms with Gasteiger partial charge in [0.05, 0.1) is 0 Å². The molecule has 16 heavy (non-hydrogen) atoms. The van der Waals surface area contributed by atoms with Crippen LogP contribution < -0.4 is 5.32 Å². The second-order valence-corrected chi connectivity index (χ2v) is 4.55. The predicted molar refractivity (Wildman–Crippen MR) is 69.0 cm³/mol. The number of nitrogens with one attached hydrogen (secondary N) is 1. The summed E-state index contributed by atoms with van der Waals surface area (Å²) in [5.41, 5.74) is 1.03. The third kappa shape index (κ3) is 4.35. The third-order valence-corrected chi connectivity index (χ3v) is 2.75. The number of nitrogens with zero attached hydrogens (tertiary/aromatic N) is 2. The van der Waals surface area contributed by atoms with Gasteiger partial charge in [-0.3, -0.25) is 0 Å². The van der Waals surface area contributed by atoms with Crippen molar-refractivity contribution in [3.63, 3.8) is 0 Å². The summed E-state index contributed by atoms with van der Waals surface area (Å²) in [5.74, 6) is 0.851. The molecule has 0 amide bonds. The molecule has 4 heteroatoms. The number of aryl methyl sites for hydroxylation is 1. The van der Waals surface area contributed by atoms with Gasteiger partial charge >= 0.3 is 0 Å². The van der Waals surface area contributed by atoms with Crippen molar-refractivity contribution in [1.82, 2.24) is 9.97 Å². The summed E-state index contributed by atoms with van der Waals surface area (Å²) in [5, 5.41) is 3.67. The van der Waals surface area contributed by atoms with E-state index in [1.165, 1.54) is 19.3 Å². The highest BCUT2D eigenvalue weighted by molar-refractivity contribution is 6.28. The fraction of sp³-hybridized carbons (Fsp3) is 0.667. The number of anilines is 1. The number of hydrogen-bond donors (Lipinski definition) is 1. The van der Waals surface area contributed by atoms with Crippen molar-refractivity contribution in [2.45, 2.75) is 52.5 Å². The van der Waals surface area contributed by atoms with E-state index in [1.54, 1.807) is 6.20 Å². The Morgan fingerprint density at radius 3 is 2.88 bits per heavy atom. The Morgan fingerprint density at radius 1 is 1.44 bits per heavy atom. The topological polar surface area (TPSA) is 37.8 Å². The molecule has 1 unspecified atom stereocenters. The van der Waals surface area contributed by atoms with E-state index in [1.807, 2.05) is 6.92 Å². The molecule has 3 nitrogen and oxygen atoms in total. The summed E-state index contributed by atoms with van der Waals surface area (Å²) in [7, 11) is 0. The number of hydrogen-bond acceptors (Lipinski definition) is 3. The normalized spacial score (nSPS) is 12.5. The Balaban J connectivity index is 2.48. The first-order chi connectivity index (χ1) is 7.63. The van der Waals surface area contributed by atoms with Crippen LogP contribution in [0.25, 0.3) is 0 Å². The zero-order valence-electron chi connectivity index (χ0n) is 10.3. The van der Waals surface area contributed by atoms with Gasteiger partial charge in [-0.15, -0.1) is 0 Å². The Morgan fingerprint density at radius 2 is 2.19 bits per heavy atom. The molecule has 1 heterocycles. The molecule has 0 aromatic carbocycles. The largest absolute Gasteiger partial charge is 0.367 e. The van der Waals surface area contributed by atoms with Crippen LogP contribution in [0.3, 0.4) is 0 Å². The maximum atomic E-state index is 5.76. The second kappa shape index (κ2) is 6.69. The molecule has 0 saturated heterocycles. The van der Waals surface area contributed by atoms with Gasteiger partial charge in [0.2, 0.25) is 5.28 Å². The fourth-order valence-electron chi connectivity index (χ4n) is 1.57. The zero-order chi connectivity index (χ0) is 12.0. The van der Waals surface area contributed by atoms with Crippen LogP contribution in [0.2, 0.25) is 5.28 Å². The molecular formula is C12H20ClN3. The molecule has 0 fully saturated rings. The highest BCUT2D eigenvalue weighted by Crippen LogP contribution is 2.15. The van der Waals surface area contributed by atoms with Crippen LogP contribution >= 0.6 is 11.6 Å². The minimum atomic E-state index is 0.300. The maximum Gasteiger partial charge on any atom is 0.224 e. The lowest BCUT2D eigenvalue weighted by Crippen LogP contribution is -2.17. The minimum Gasteiger partial charge on any atom is -0.367 e. The monoisotopic (exact) mass is 241 g/mol. The van der Waals surface area contributed by atoms with Gasteiger partial charge in [0.15, 0.2) is 0 Å². The first-order valence-corrected chi connectivity index (χ1v) is 6.27. The molecule has 1 N–H and O–H groups in total. The van der Waals surface area contributed by atoms with E-state index in [4.69, 9.17) is 11.6 Å². The van der Waals surface area contributed by atoms with Gasteiger partial charge in [-0.2, -0.15) is 0 Å². The molecule has 1 aromatic heterocycles. The molecule has 1 aromatic rings.